The number of carbonyl (C=O) groups is 1. The summed E-state index contributed by atoms with van der Waals surface area (Å²) in [7, 11) is 0. The molecule has 2 aromatic carbocycles. The molecule has 1 amide bonds. The fourth-order valence-corrected chi connectivity index (χ4v) is 3.43. The summed E-state index contributed by atoms with van der Waals surface area (Å²) in [4.78, 5) is 12.7. The van der Waals surface area contributed by atoms with E-state index in [1.807, 2.05) is 48.9 Å². The smallest absolute Gasteiger partial charge is 0.287 e. The van der Waals surface area contributed by atoms with Gasteiger partial charge in [0.2, 0.25) is 0 Å². The fourth-order valence-electron chi connectivity index (χ4n) is 3.43. The summed E-state index contributed by atoms with van der Waals surface area (Å²) in [6, 6.07) is 14.5. The number of benzene rings is 2. The highest BCUT2D eigenvalue weighted by atomic mass is 19.1. The number of hydrogen-bond acceptors (Lipinski definition) is 3. The van der Waals surface area contributed by atoms with Crippen LogP contribution in [0, 0.1) is 26.6 Å². The Morgan fingerprint density at radius 1 is 1.11 bits per heavy atom. The first kappa shape index (κ1) is 18.0. The van der Waals surface area contributed by atoms with E-state index in [-0.39, 0.29) is 17.3 Å². The second-order valence-electron chi connectivity index (χ2n) is 6.75. The molecule has 5 nitrogen and oxygen atoms in total. The van der Waals surface area contributed by atoms with Gasteiger partial charge in [0.15, 0.2) is 17.2 Å². The summed E-state index contributed by atoms with van der Waals surface area (Å²) in [6.07, 6.45) is 0. The average molecular weight is 377 g/mol. The van der Waals surface area contributed by atoms with Crippen LogP contribution in [0.15, 0.2) is 52.9 Å². The summed E-state index contributed by atoms with van der Waals surface area (Å²) in [6.45, 7) is 5.94. The predicted molar refractivity (Wildman–Crippen MR) is 105 cm³/mol. The average Bonchev–Trinajstić information content (AvgIpc) is 3.18. The van der Waals surface area contributed by atoms with Crippen LogP contribution in [-0.2, 0) is 6.54 Å². The van der Waals surface area contributed by atoms with Crippen molar-refractivity contribution in [2.24, 2.45) is 0 Å². The molecule has 0 atom stereocenters. The number of aromatic nitrogens is 2. The normalized spacial score (nSPS) is 11.1. The highest BCUT2D eigenvalue weighted by Crippen LogP contribution is 2.27. The van der Waals surface area contributed by atoms with Crippen LogP contribution in [0.5, 0.6) is 0 Å². The molecule has 0 radical (unpaired) electrons. The first-order valence-electron chi connectivity index (χ1n) is 9.03. The van der Waals surface area contributed by atoms with Crippen LogP contribution in [0.25, 0.3) is 16.7 Å². The zero-order chi connectivity index (χ0) is 19.8. The van der Waals surface area contributed by atoms with Gasteiger partial charge in [-0.1, -0.05) is 30.3 Å². The molecule has 142 valence electrons. The van der Waals surface area contributed by atoms with E-state index in [0.717, 1.165) is 22.6 Å². The Balaban J connectivity index is 1.59. The van der Waals surface area contributed by atoms with E-state index in [1.165, 1.54) is 6.07 Å². The standard InChI is InChI=1S/C22H20FN3O2/c1-13-17-10-7-11-19(23)21(17)28-20(13)22(27)24-12-18-14(2)25-26(15(18)3)16-8-5-4-6-9-16/h4-11H,12H2,1-3H3,(H,24,27). The molecule has 28 heavy (non-hydrogen) atoms. The van der Waals surface area contributed by atoms with E-state index in [2.05, 4.69) is 10.4 Å². The molecule has 0 spiro atoms. The summed E-state index contributed by atoms with van der Waals surface area (Å²) < 4.78 is 21.3. The zero-order valence-electron chi connectivity index (χ0n) is 15.9. The molecule has 0 bridgehead atoms. The van der Waals surface area contributed by atoms with E-state index < -0.39 is 5.82 Å². The van der Waals surface area contributed by atoms with E-state index in [4.69, 9.17) is 4.42 Å². The second kappa shape index (κ2) is 6.96. The van der Waals surface area contributed by atoms with E-state index >= 15 is 0 Å². The molecule has 2 aromatic heterocycles. The van der Waals surface area contributed by atoms with Crippen LogP contribution >= 0.6 is 0 Å². The summed E-state index contributed by atoms with van der Waals surface area (Å²) in [5.41, 5.74) is 4.43. The lowest BCUT2D eigenvalue weighted by Crippen LogP contribution is -2.23. The Labute approximate surface area is 161 Å². The van der Waals surface area contributed by atoms with Crippen molar-refractivity contribution in [3.05, 3.63) is 82.6 Å². The Morgan fingerprint density at radius 2 is 1.86 bits per heavy atom. The fraction of sp³-hybridized carbons (Fsp3) is 0.182. The number of rotatable bonds is 4. The van der Waals surface area contributed by atoms with Crippen LogP contribution in [0.4, 0.5) is 4.39 Å². The molecule has 6 heteroatoms. The highest BCUT2D eigenvalue weighted by Gasteiger charge is 2.20. The van der Waals surface area contributed by atoms with Gasteiger partial charge in [0.05, 0.1) is 11.4 Å². The monoisotopic (exact) mass is 377 g/mol. The maximum Gasteiger partial charge on any atom is 0.287 e. The Hall–Kier alpha value is -3.41. The first-order valence-corrected chi connectivity index (χ1v) is 9.03. The van der Waals surface area contributed by atoms with Crippen LogP contribution in [-0.4, -0.2) is 15.7 Å². The Bertz CT molecular complexity index is 1180. The maximum absolute atomic E-state index is 13.9. The number of furan rings is 1. The zero-order valence-corrected chi connectivity index (χ0v) is 15.9. The minimum Gasteiger partial charge on any atom is -0.448 e. The molecule has 4 aromatic rings. The number of carbonyl (C=O) groups excluding carboxylic acids is 1. The van der Waals surface area contributed by atoms with Gasteiger partial charge in [0.25, 0.3) is 5.91 Å². The van der Waals surface area contributed by atoms with Crippen LogP contribution < -0.4 is 5.32 Å². The van der Waals surface area contributed by atoms with Gasteiger partial charge in [-0.3, -0.25) is 4.79 Å². The van der Waals surface area contributed by atoms with Crippen molar-refractivity contribution in [3.8, 4) is 5.69 Å². The highest BCUT2D eigenvalue weighted by molar-refractivity contribution is 5.99. The molecular formula is C22H20FN3O2. The van der Waals surface area contributed by atoms with Crippen molar-refractivity contribution in [3.63, 3.8) is 0 Å². The molecule has 0 unspecified atom stereocenters. The number of amides is 1. The summed E-state index contributed by atoms with van der Waals surface area (Å²) >= 11 is 0. The third-order valence-corrected chi connectivity index (χ3v) is 4.99. The molecule has 0 aliphatic rings. The molecule has 0 saturated heterocycles. The lowest BCUT2D eigenvalue weighted by Gasteiger charge is -2.06. The Morgan fingerprint density at radius 3 is 2.57 bits per heavy atom. The van der Waals surface area contributed by atoms with Crippen LogP contribution in [0.2, 0.25) is 0 Å². The number of nitrogens with zero attached hydrogens (tertiary/aromatic N) is 2. The molecule has 1 N–H and O–H groups in total. The van der Waals surface area contributed by atoms with Crippen molar-refractivity contribution >= 4 is 16.9 Å². The third-order valence-electron chi connectivity index (χ3n) is 4.99. The van der Waals surface area contributed by atoms with Crippen molar-refractivity contribution in [2.75, 3.05) is 0 Å². The van der Waals surface area contributed by atoms with Gasteiger partial charge in [0, 0.05) is 28.8 Å². The minimum absolute atomic E-state index is 0.106. The van der Waals surface area contributed by atoms with Gasteiger partial charge in [-0.2, -0.15) is 5.10 Å². The van der Waals surface area contributed by atoms with Gasteiger partial charge >= 0.3 is 0 Å². The number of para-hydroxylation sites is 2. The lowest BCUT2D eigenvalue weighted by atomic mass is 10.1. The SMILES string of the molecule is Cc1nn(-c2ccccc2)c(C)c1CNC(=O)c1oc2c(F)cccc2c1C. The van der Waals surface area contributed by atoms with Gasteiger partial charge < -0.3 is 9.73 Å². The molecule has 0 aliphatic heterocycles. The van der Waals surface area contributed by atoms with Gasteiger partial charge in [-0.05, 0) is 39.0 Å². The number of halogens is 1. The van der Waals surface area contributed by atoms with Gasteiger partial charge in [-0.15, -0.1) is 0 Å². The van der Waals surface area contributed by atoms with E-state index in [1.54, 1.807) is 19.1 Å². The van der Waals surface area contributed by atoms with Gasteiger partial charge in [-0.25, -0.2) is 9.07 Å². The quantitative estimate of drug-likeness (QED) is 0.565. The number of aryl methyl sites for hydroxylation is 2. The van der Waals surface area contributed by atoms with E-state index in [0.29, 0.717) is 17.5 Å². The first-order chi connectivity index (χ1) is 13.5. The van der Waals surface area contributed by atoms with Crippen LogP contribution in [0.3, 0.4) is 0 Å². The molecule has 0 fully saturated rings. The molecular weight excluding hydrogens is 357 g/mol. The third kappa shape index (κ3) is 2.97. The minimum atomic E-state index is -0.476. The van der Waals surface area contributed by atoms with Crippen molar-refractivity contribution in [1.29, 1.82) is 0 Å². The van der Waals surface area contributed by atoms with Crippen molar-refractivity contribution in [1.82, 2.24) is 15.1 Å². The maximum atomic E-state index is 13.9. The predicted octanol–water partition coefficient (Wildman–Crippen LogP) is 4.61. The summed E-state index contributed by atoms with van der Waals surface area (Å²) in [5.74, 6) is -0.722. The second-order valence-corrected chi connectivity index (χ2v) is 6.75. The number of fused-ring (bicyclic) bond motifs is 1. The van der Waals surface area contributed by atoms with Gasteiger partial charge in [0.1, 0.15) is 0 Å². The van der Waals surface area contributed by atoms with Crippen molar-refractivity contribution in [2.45, 2.75) is 27.3 Å². The number of nitrogens with one attached hydrogen (secondary N) is 1. The van der Waals surface area contributed by atoms with E-state index in [9.17, 15) is 9.18 Å². The molecule has 0 aliphatic carbocycles. The molecule has 4 rings (SSSR count). The Kier molecular flexibility index (Phi) is 4.47. The number of hydrogen-bond donors (Lipinski definition) is 1. The summed E-state index contributed by atoms with van der Waals surface area (Å²) in [5, 5.41) is 8.07. The molecule has 0 saturated carbocycles. The topological polar surface area (TPSA) is 60.1 Å². The molecule has 2 heterocycles. The lowest BCUT2D eigenvalue weighted by molar-refractivity contribution is 0.0924. The van der Waals surface area contributed by atoms with Crippen molar-refractivity contribution < 1.29 is 13.6 Å². The largest absolute Gasteiger partial charge is 0.448 e. The van der Waals surface area contributed by atoms with Crippen LogP contribution in [0.1, 0.15) is 33.1 Å².